The Bertz CT molecular complexity index is 769. The summed E-state index contributed by atoms with van der Waals surface area (Å²) >= 11 is 0. The van der Waals surface area contributed by atoms with Crippen LogP contribution < -0.4 is 14.8 Å². The molecule has 0 bridgehead atoms. The van der Waals surface area contributed by atoms with Crippen molar-refractivity contribution in [2.75, 3.05) is 0 Å². The molecule has 0 aliphatic carbocycles. The predicted octanol–water partition coefficient (Wildman–Crippen LogP) is 4.33. The van der Waals surface area contributed by atoms with Gasteiger partial charge in [0.25, 0.3) is 0 Å². The highest BCUT2D eigenvalue weighted by molar-refractivity contribution is 7.00. The Morgan fingerprint density at radius 3 is 1.68 bits per heavy atom. The molecule has 0 spiro atoms. The molecule has 0 saturated carbocycles. The van der Waals surface area contributed by atoms with Gasteiger partial charge in [0.15, 0.2) is 0 Å². The molecule has 2 aromatic carbocycles. The average Bonchev–Trinajstić information content (AvgIpc) is 2.62. The molecule has 0 saturated heterocycles. The van der Waals surface area contributed by atoms with Gasteiger partial charge in [-0.3, -0.25) is 4.98 Å². The second kappa shape index (κ2) is 6.85. The van der Waals surface area contributed by atoms with E-state index in [0.29, 0.717) is 0 Å². The standard InChI is InChI=1S/C22H25NOSi/c1-18-15-16-19(17-23-18)24-25(22(2,3)4,20-11-7-5-8-12-20)21-13-9-6-10-14-21/h5-17H,1-4H3. The second-order valence-electron chi connectivity index (χ2n) is 7.40. The Hall–Kier alpha value is -2.39. The van der Waals surface area contributed by atoms with Gasteiger partial charge in [-0.1, -0.05) is 81.4 Å². The van der Waals surface area contributed by atoms with Crippen LogP contribution in [0.1, 0.15) is 26.5 Å². The normalized spacial score (nSPS) is 12.0. The maximum Gasteiger partial charge on any atom is 0.320 e. The number of rotatable bonds is 4. The molecule has 0 fully saturated rings. The van der Waals surface area contributed by atoms with E-state index in [1.54, 1.807) is 0 Å². The molecule has 3 aromatic rings. The summed E-state index contributed by atoms with van der Waals surface area (Å²) in [6, 6.07) is 25.4. The lowest BCUT2D eigenvalue weighted by molar-refractivity contribution is 0.506. The summed E-state index contributed by atoms with van der Waals surface area (Å²) in [6.45, 7) is 8.83. The number of benzene rings is 2. The van der Waals surface area contributed by atoms with Crippen molar-refractivity contribution < 1.29 is 4.43 Å². The first-order valence-electron chi connectivity index (χ1n) is 8.66. The lowest BCUT2D eigenvalue weighted by Gasteiger charge is -2.42. The number of pyridine rings is 1. The van der Waals surface area contributed by atoms with E-state index >= 15 is 0 Å². The van der Waals surface area contributed by atoms with Crippen molar-refractivity contribution in [3.63, 3.8) is 0 Å². The van der Waals surface area contributed by atoms with Gasteiger partial charge in [0, 0.05) is 5.69 Å². The van der Waals surface area contributed by atoms with Crippen LogP contribution in [-0.4, -0.2) is 13.3 Å². The molecule has 0 atom stereocenters. The Morgan fingerprint density at radius 2 is 1.28 bits per heavy atom. The lowest BCUT2D eigenvalue weighted by atomic mass is 10.2. The fourth-order valence-electron chi connectivity index (χ4n) is 3.34. The van der Waals surface area contributed by atoms with Gasteiger partial charge in [0.05, 0.1) is 6.20 Å². The molecule has 3 heteroatoms. The molecular weight excluding hydrogens is 322 g/mol. The predicted molar refractivity (Wildman–Crippen MR) is 107 cm³/mol. The Morgan fingerprint density at radius 1 is 0.760 bits per heavy atom. The molecule has 2 nitrogen and oxygen atoms in total. The summed E-state index contributed by atoms with van der Waals surface area (Å²) in [5.74, 6) is 0.833. The van der Waals surface area contributed by atoms with E-state index in [1.165, 1.54) is 10.4 Å². The van der Waals surface area contributed by atoms with E-state index < -0.39 is 8.32 Å². The zero-order valence-corrected chi connectivity index (χ0v) is 16.4. The van der Waals surface area contributed by atoms with Crippen LogP contribution in [0.15, 0.2) is 79.0 Å². The molecule has 3 rings (SSSR count). The van der Waals surface area contributed by atoms with Gasteiger partial charge in [-0.2, -0.15) is 0 Å². The summed E-state index contributed by atoms with van der Waals surface area (Å²) < 4.78 is 6.87. The molecule has 0 N–H and O–H groups in total. The minimum absolute atomic E-state index is 0.0411. The van der Waals surface area contributed by atoms with E-state index in [9.17, 15) is 0 Å². The minimum atomic E-state index is -2.55. The van der Waals surface area contributed by atoms with Gasteiger partial charge in [-0.25, -0.2) is 0 Å². The highest BCUT2D eigenvalue weighted by Crippen LogP contribution is 2.37. The van der Waals surface area contributed by atoms with Crippen molar-refractivity contribution in [3.8, 4) is 5.75 Å². The highest BCUT2D eigenvalue weighted by atomic mass is 28.4. The number of hydrogen-bond donors (Lipinski definition) is 0. The maximum atomic E-state index is 6.87. The molecule has 0 aliphatic heterocycles. The van der Waals surface area contributed by atoms with Gasteiger partial charge < -0.3 is 4.43 Å². The SMILES string of the molecule is Cc1ccc(O[Si](c2ccccc2)(c2ccccc2)C(C)(C)C)cn1. The third kappa shape index (κ3) is 3.38. The molecule has 0 unspecified atom stereocenters. The van der Waals surface area contributed by atoms with Gasteiger partial charge in [-0.05, 0) is 34.5 Å². The summed E-state index contributed by atoms with van der Waals surface area (Å²) in [6.07, 6.45) is 1.84. The first-order valence-corrected chi connectivity index (χ1v) is 10.6. The van der Waals surface area contributed by atoms with Crippen molar-refractivity contribution in [1.82, 2.24) is 4.98 Å². The minimum Gasteiger partial charge on any atom is -0.533 e. The third-order valence-electron chi connectivity index (χ3n) is 4.57. The molecule has 0 amide bonds. The van der Waals surface area contributed by atoms with Crippen LogP contribution in [0.5, 0.6) is 5.75 Å². The topological polar surface area (TPSA) is 22.1 Å². The van der Waals surface area contributed by atoms with E-state index in [-0.39, 0.29) is 5.04 Å². The smallest absolute Gasteiger partial charge is 0.320 e. The first kappa shape index (κ1) is 17.4. The Kier molecular flexibility index (Phi) is 4.77. The first-order chi connectivity index (χ1) is 11.9. The molecule has 128 valence electrons. The maximum absolute atomic E-state index is 6.87. The molecule has 0 aliphatic rings. The van der Waals surface area contributed by atoms with Crippen LogP contribution >= 0.6 is 0 Å². The monoisotopic (exact) mass is 347 g/mol. The summed E-state index contributed by atoms with van der Waals surface area (Å²) in [5, 5.41) is 2.50. The van der Waals surface area contributed by atoms with E-state index in [4.69, 9.17) is 4.43 Å². The average molecular weight is 348 g/mol. The van der Waals surface area contributed by atoms with Crippen molar-refractivity contribution in [2.45, 2.75) is 32.7 Å². The van der Waals surface area contributed by atoms with Gasteiger partial charge in [0.2, 0.25) is 0 Å². The summed E-state index contributed by atoms with van der Waals surface area (Å²) in [5.41, 5.74) is 0.995. The van der Waals surface area contributed by atoms with Crippen molar-refractivity contribution in [2.24, 2.45) is 0 Å². The van der Waals surface area contributed by atoms with Crippen LogP contribution in [0, 0.1) is 6.92 Å². The quantitative estimate of drug-likeness (QED) is 0.656. The fraction of sp³-hybridized carbons (Fsp3) is 0.227. The Labute approximate surface area is 151 Å². The van der Waals surface area contributed by atoms with Gasteiger partial charge in [-0.15, -0.1) is 0 Å². The largest absolute Gasteiger partial charge is 0.533 e. The van der Waals surface area contributed by atoms with Gasteiger partial charge in [0.1, 0.15) is 5.75 Å². The lowest BCUT2D eigenvalue weighted by Crippen LogP contribution is -2.68. The third-order valence-corrected chi connectivity index (χ3v) is 9.52. The number of aryl methyl sites for hydroxylation is 1. The van der Waals surface area contributed by atoms with E-state index in [2.05, 4.69) is 86.4 Å². The highest BCUT2D eigenvalue weighted by Gasteiger charge is 2.52. The number of hydrogen-bond acceptors (Lipinski definition) is 2. The number of nitrogens with zero attached hydrogens (tertiary/aromatic N) is 1. The van der Waals surface area contributed by atoms with E-state index in [1.807, 2.05) is 25.3 Å². The van der Waals surface area contributed by atoms with Crippen LogP contribution in [0.25, 0.3) is 0 Å². The number of aromatic nitrogens is 1. The zero-order valence-electron chi connectivity index (χ0n) is 15.4. The fourth-order valence-corrected chi connectivity index (χ4v) is 7.75. The molecule has 1 aromatic heterocycles. The molecule has 25 heavy (non-hydrogen) atoms. The second-order valence-corrected chi connectivity index (χ2v) is 11.6. The molecule has 0 radical (unpaired) electrons. The zero-order chi connectivity index (χ0) is 17.9. The van der Waals surface area contributed by atoms with Crippen molar-refractivity contribution in [1.29, 1.82) is 0 Å². The Balaban J connectivity index is 2.23. The molecule has 1 heterocycles. The van der Waals surface area contributed by atoms with Gasteiger partial charge >= 0.3 is 8.32 Å². The summed E-state index contributed by atoms with van der Waals surface area (Å²) in [7, 11) is -2.55. The van der Waals surface area contributed by atoms with Crippen LogP contribution in [-0.2, 0) is 0 Å². The van der Waals surface area contributed by atoms with Crippen LogP contribution in [0.4, 0.5) is 0 Å². The van der Waals surface area contributed by atoms with Crippen LogP contribution in [0.3, 0.4) is 0 Å². The van der Waals surface area contributed by atoms with E-state index in [0.717, 1.165) is 11.4 Å². The van der Waals surface area contributed by atoms with Crippen molar-refractivity contribution >= 4 is 18.7 Å². The summed E-state index contributed by atoms with van der Waals surface area (Å²) in [4.78, 5) is 4.43. The molecular formula is C22H25NOSi. The van der Waals surface area contributed by atoms with Crippen molar-refractivity contribution in [3.05, 3.63) is 84.7 Å². The van der Waals surface area contributed by atoms with Crippen LogP contribution in [0.2, 0.25) is 5.04 Å².